The Bertz CT molecular complexity index is 396. The van der Waals surface area contributed by atoms with Crippen LogP contribution in [0.2, 0.25) is 0 Å². The molecule has 0 aromatic rings. The van der Waals surface area contributed by atoms with Gasteiger partial charge < -0.3 is 20.4 Å². The molecule has 0 spiro atoms. The topological polar surface area (TPSA) is 81.8 Å². The van der Waals surface area contributed by atoms with Crippen LogP contribution in [0, 0.1) is 0 Å². The summed E-state index contributed by atoms with van der Waals surface area (Å²) in [6.07, 6.45) is 0.902. The molecule has 106 valence electrons. The van der Waals surface area contributed by atoms with Crippen molar-refractivity contribution < 1.29 is 14.4 Å². The minimum Gasteiger partial charge on any atom is -0.347 e. The fourth-order valence-electron chi connectivity index (χ4n) is 2.49. The van der Waals surface area contributed by atoms with Gasteiger partial charge in [-0.1, -0.05) is 0 Å². The number of nitrogens with zero attached hydrogens (tertiary/aromatic N) is 2. The highest BCUT2D eigenvalue weighted by molar-refractivity contribution is 5.94. The number of piperazine rings is 1. The van der Waals surface area contributed by atoms with Crippen molar-refractivity contribution in [3.8, 4) is 0 Å². The second kappa shape index (κ2) is 5.56. The minimum absolute atomic E-state index is 0.0927. The number of amides is 3. The van der Waals surface area contributed by atoms with E-state index in [1.165, 1.54) is 4.90 Å². The Morgan fingerprint density at radius 2 is 2.11 bits per heavy atom. The summed E-state index contributed by atoms with van der Waals surface area (Å²) in [7, 11) is 3.36. The van der Waals surface area contributed by atoms with Gasteiger partial charge in [0.25, 0.3) is 0 Å². The highest BCUT2D eigenvalue weighted by Gasteiger charge is 2.38. The molecule has 2 aliphatic heterocycles. The molecule has 3 amide bonds. The molecule has 2 aliphatic rings. The van der Waals surface area contributed by atoms with Crippen LogP contribution < -0.4 is 10.6 Å². The summed E-state index contributed by atoms with van der Waals surface area (Å²) in [5, 5.41) is 5.79. The van der Waals surface area contributed by atoms with E-state index < -0.39 is 12.1 Å². The Labute approximate surface area is 112 Å². The van der Waals surface area contributed by atoms with Gasteiger partial charge in [0.05, 0.1) is 0 Å². The van der Waals surface area contributed by atoms with Crippen LogP contribution in [-0.4, -0.2) is 73.3 Å². The smallest absolute Gasteiger partial charge is 0.246 e. The SMILES string of the molecule is CN(C)C(=O)C1CNCCN1C(=O)[C@@H]1CCC(=O)N1. The molecule has 0 aromatic carbocycles. The first-order chi connectivity index (χ1) is 9.00. The zero-order valence-electron chi connectivity index (χ0n) is 11.3. The Morgan fingerprint density at radius 1 is 1.37 bits per heavy atom. The fourth-order valence-corrected chi connectivity index (χ4v) is 2.49. The van der Waals surface area contributed by atoms with E-state index in [1.807, 2.05) is 0 Å². The van der Waals surface area contributed by atoms with E-state index in [-0.39, 0.29) is 17.7 Å². The second-order valence-electron chi connectivity index (χ2n) is 5.14. The predicted molar refractivity (Wildman–Crippen MR) is 68.2 cm³/mol. The summed E-state index contributed by atoms with van der Waals surface area (Å²) in [4.78, 5) is 38.8. The molecular weight excluding hydrogens is 248 g/mol. The molecule has 2 saturated heterocycles. The lowest BCUT2D eigenvalue weighted by atomic mass is 10.1. The lowest BCUT2D eigenvalue weighted by Gasteiger charge is -2.37. The van der Waals surface area contributed by atoms with Crippen molar-refractivity contribution in [2.24, 2.45) is 0 Å². The van der Waals surface area contributed by atoms with Crippen molar-refractivity contribution in [2.45, 2.75) is 24.9 Å². The van der Waals surface area contributed by atoms with Gasteiger partial charge in [-0.15, -0.1) is 0 Å². The van der Waals surface area contributed by atoms with Crippen molar-refractivity contribution in [2.75, 3.05) is 33.7 Å². The fraction of sp³-hybridized carbons (Fsp3) is 0.750. The van der Waals surface area contributed by atoms with Gasteiger partial charge in [-0.05, 0) is 6.42 Å². The van der Waals surface area contributed by atoms with E-state index in [4.69, 9.17) is 0 Å². The van der Waals surface area contributed by atoms with Crippen LogP contribution in [0.1, 0.15) is 12.8 Å². The number of carbonyl (C=O) groups excluding carboxylic acids is 3. The van der Waals surface area contributed by atoms with Crippen molar-refractivity contribution >= 4 is 17.7 Å². The maximum Gasteiger partial charge on any atom is 0.246 e. The summed E-state index contributed by atoms with van der Waals surface area (Å²) in [5.74, 6) is -0.332. The van der Waals surface area contributed by atoms with E-state index in [0.29, 0.717) is 32.5 Å². The number of carbonyl (C=O) groups is 3. The molecule has 0 aliphatic carbocycles. The molecule has 1 unspecified atom stereocenters. The Morgan fingerprint density at radius 3 is 2.68 bits per heavy atom. The molecule has 0 radical (unpaired) electrons. The van der Waals surface area contributed by atoms with Crippen molar-refractivity contribution in [1.82, 2.24) is 20.4 Å². The third-order valence-electron chi connectivity index (χ3n) is 3.55. The summed E-state index contributed by atoms with van der Waals surface area (Å²) >= 11 is 0. The molecule has 0 saturated carbocycles. The van der Waals surface area contributed by atoms with Crippen molar-refractivity contribution in [3.05, 3.63) is 0 Å². The number of hydrogen-bond donors (Lipinski definition) is 2. The van der Waals surface area contributed by atoms with Gasteiger partial charge in [0.2, 0.25) is 17.7 Å². The lowest BCUT2D eigenvalue weighted by Crippen LogP contribution is -2.62. The number of nitrogens with one attached hydrogen (secondary N) is 2. The standard InChI is InChI=1S/C12H20N4O3/c1-15(2)12(19)9-7-13-5-6-16(9)11(18)8-3-4-10(17)14-8/h8-9,13H,3-7H2,1-2H3,(H,14,17)/t8-,9?/m0/s1. The van der Waals surface area contributed by atoms with E-state index >= 15 is 0 Å². The quantitative estimate of drug-likeness (QED) is 0.616. The maximum atomic E-state index is 12.4. The van der Waals surface area contributed by atoms with Crippen molar-refractivity contribution in [1.29, 1.82) is 0 Å². The van der Waals surface area contributed by atoms with E-state index in [2.05, 4.69) is 10.6 Å². The first-order valence-electron chi connectivity index (χ1n) is 6.52. The molecule has 2 fully saturated rings. The monoisotopic (exact) mass is 268 g/mol. The van der Waals surface area contributed by atoms with Gasteiger partial charge in [0.15, 0.2) is 0 Å². The van der Waals surface area contributed by atoms with Gasteiger partial charge in [-0.25, -0.2) is 0 Å². The van der Waals surface area contributed by atoms with Crippen LogP contribution in [0.3, 0.4) is 0 Å². The van der Waals surface area contributed by atoms with Gasteiger partial charge in [-0.2, -0.15) is 0 Å². The third-order valence-corrected chi connectivity index (χ3v) is 3.55. The highest BCUT2D eigenvalue weighted by atomic mass is 16.2. The molecule has 2 atom stereocenters. The summed E-state index contributed by atoms with van der Waals surface area (Å²) in [6.45, 7) is 1.63. The molecule has 7 nitrogen and oxygen atoms in total. The predicted octanol–water partition coefficient (Wildman–Crippen LogP) is -1.85. The Balaban J connectivity index is 2.08. The first-order valence-corrected chi connectivity index (χ1v) is 6.52. The average molecular weight is 268 g/mol. The van der Waals surface area contributed by atoms with E-state index in [0.717, 1.165) is 0 Å². The lowest BCUT2D eigenvalue weighted by molar-refractivity contribution is -0.146. The van der Waals surface area contributed by atoms with Gasteiger partial charge in [0.1, 0.15) is 12.1 Å². The van der Waals surface area contributed by atoms with Crippen LogP contribution in [0.4, 0.5) is 0 Å². The largest absolute Gasteiger partial charge is 0.347 e. The molecular formula is C12H20N4O3. The summed E-state index contributed by atoms with van der Waals surface area (Å²) in [5.41, 5.74) is 0. The van der Waals surface area contributed by atoms with Crippen LogP contribution in [0.15, 0.2) is 0 Å². The zero-order chi connectivity index (χ0) is 14.0. The molecule has 2 heterocycles. The van der Waals surface area contributed by atoms with Gasteiger partial charge in [0, 0.05) is 40.2 Å². The van der Waals surface area contributed by atoms with Gasteiger partial charge in [-0.3, -0.25) is 14.4 Å². The van der Waals surface area contributed by atoms with E-state index in [9.17, 15) is 14.4 Å². The Kier molecular flexibility index (Phi) is 4.04. The first kappa shape index (κ1) is 13.8. The van der Waals surface area contributed by atoms with Crippen LogP contribution in [0.25, 0.3) is 0 Å². The van der Waals surface area contributed by atoms with Crippen LogP contribution in [0.5, 0.6) is 0 Å². The molecule has 7 heteroatoms. The average Bonchev–Trinajstić information content (AvgIpc) is 2.83. The summed E-state index contributed by atoms with van der Waals surface area (Å²) < 4.78 is 0. The van der Waals surface area contributed by atoms with Gasteiger partial charge >= 0.3 is 0 Å². The molecule has 2 rings (SSSR count). The minimum atomic E-state index is -0.478. The second-order valence-corrected chi connectivity index (χ2v) is 5.14. The number of hydrogen-bond acceptors (Lipinski definition) is 4. The van der Waals surface area contributed by atoms with Crippen molar-refractivity contribution in [3.63, 3.8) is 0 Å². The molecule has 19 heavy (non-hydrogen) atoms. The zero-order valence-corrected chi connectivity index (χ0v) is 11.3. The molecule has 0 bridgehead atoms. The van der Waals surface area contributed by atoms with Crippen LogP contribution in [-0.2, 0) is 14.4 Å². The molecule has 0 aromatic heterocycles. The normalized spacial score (nSPS) is 27.1. The third kappa shape index (κ3) is 2.86. The molecule has 2 N–H and O–H groups in total. The summed E-state index contributed by atoms with van der Waals surface area (Å²) in [6, 6.07) is -0.947. The highest BCUT2D eigenvalue weighted by Crippen LogP contribution is 2.14. The number of likely N-dealkylation sites (N-methyl/N-ethyl adjacent to an activating group) is 1. The Hall–Kier alpha value is -1.63. The van der Waals surface area contributed by atoms with E-state index in [1.54, 1.807) is 19.0 Å². The maximum absolute atomic E-state index is 12.4. The number of rotatable bonds is 2. The van der Waals surface area contributed by atoms with Crippen LogP contribution >= 0.6 is 0 Å².